The van der Waals surface area contributed by atoms with Crippen LogP contribution < -0.4 is 0 Å². The standard InChI is InChI=1S/C18H14F2N2O2/c19-16-7-6-13(10-17(16)20)18(23)22(12-15-5-3-9-24-15)11-14-4-1-2-8-21-14/h1-10H,11-12H2. The van der Waals surface area contributed by atoms with Gasteiger partial charge in [-0.3, -0.25) is 9.78 Å². The number of halogens is 2. The van der Waals surface area contributed by atoms with Gasteiger partial charge in [0.15, 0.2) is 11.6 Å². The third-order valence-electron chi connectivity index (χ3n) is 3.46. The molecule has 2 heterocycles. The summed E-state index contributed by atoms with van der Waals surface area (Å²) >= 11 is 0. The molecule has 0 fully saturated rings. The molecule has 2 aromatic heterocycles. The number of furan rings is 1. The van der Waals surface area contributed by atoms with E-state index in [1.165, 1.54) is 17.2 Å². The molecule has 6 heteroatoms. The third kappa shape index (κ3) is 3.65. The number of benzene rings is 1. The first-order valence-corrected chi connectivity index (χ1v) is 7.30. The van der Waals surface area contributed by atoms with Crippen molar-refractivity contribution in [3.05, 3.63) is 89.6 Å². The van der Waals surface area contributed by atoms with Crippen LogP contribution in [-0.2, 0) is 13.1 Å². The van der Waals surface area contributed by atoms with E-state index in [1.807, 2.05) is 6.07 Å². The van der Waals surface area contributed by atoms with Crippen molar-refractivity contribution in [2.45, 2.75) is 13.1 Å². The molecular formula is C18H14F2N2O2. The van der Waals surface area contributed by atoms with E-state index in [0.29, 0.717) is 11.5 Å². The van der Waals surface area contributed by atoms with Crippen molar-refractivity contribution in [1.82, 2.24) is 9.88 Å². The lowest BCUT2D eigenvalue weighted by Crippen LogP contribution is -2.30. The summed E-state index contributed by atoms with van der Waals surface area (Å²) in [5.41, 5.74) is 0.747. The number of pyridine rings is 1. The van der Waals surface area contributed by atoms with Crippen LogP contribution in [0, 0.1) is 11.6 Å². The molecule has 1 amide bonds. The van der Waals surface area contributed by atoms with Crippen molar-refractivity contribution >= 4 is 5.91 Å². The molecule has 1 aromatic carbocycles. The van der Waals surface area contributed by atoms with Crippen LogP contribution in [-0.4, -0.2) is 15.8 Å². The lowest BCUT2D eigenvalue weighted by atomic mass is 10.1. The molecule has 3 aromatic rings. The zero-order valence-corrected chi connectivity index (χ0v) is 12.7. The number of hydrogen-bond donors (Lipinski definition) is 0. The van der Waals surface area contributed by atoms with Crippen LogP contribution in [0.15, 0.2) is 65.4 Å². The molecule has 0 saturated heterocycles. The minimum absolute atomic E-state index is 0.0661. The van der Waals surface area contributed by atoms with Crippen LogP contribution in [0.5, 0.6) is 0 Å². The minimum Gasteiger partial charge on any atom is -0.467 e. The molecule has 24 heavy (non-hydrogen) atoms. The molecule has 3 rings (SSSR count). The predicted molar refractivity (Wildman–Crippen MR) is 82.9 cm³/mol. The van der Waals surface area contributed by atoms with Gasteiger partial charge in [0, 0.05) is 11.8 Å². The summed E-state index contributed by atoms with van der Waals surface area (Å²) in [6, 6.07) is 11.9. The molecule has 0 saturated carbocycles. The van der Waals surface area contributed by atoms with Crippen LogP contribution >= 0.6 is 0 Å². The molecule has 0 radical (unpaired) electrons. The highest BCUT2D eigenvalue weighted by molar-refractivity contribution is 5.94. The highest BCUT2D eigenvalue weighted by atomic mass is 19.2. The number of nitrogens with zero attached hydrogens (tertiary/aromatic N) is 2. The smallest absolute Gasteiger partial charge is 0.254 e. The minimum atomic E-state index is -1.06. The van der Waals surface area contributed by atoms with Crippen molar-refractivity contribution < 1.29 is 18.0 Å². The highest BCUT2D eigenvalue weighted by Gasteiger charge is 2.19. The molecular weight excluding hydrogens is 314 g/mol. The van der Waals surface area contributed by atoms with Gasteiger partial charge in [-0.25, -0.2) is 8.78 Å². The lowest BCUT2D eigenvalue weighted by molar-refractivity contribution is 0.0715. The van der Waals surface area contributed by atoms with Crippen LogP contribution in [0.4, 0.5) is 8.78 Å². The van der Waals surface area contributed by atoms with Crippen molar-refractivity contribution in [1.29, 1.82) is 0 Å². The molecule has 0 unspecified atom stereocenters. The van der Waals surface area contributed by atoms with Gasteiger partial charge < -0.3 is 9.32 Å². The second kappa shape index (κ2) is 7.04. The summed E-state index contributed by atoms with van der Waals surface area (Å²) in [5.74, 6) is -1.90. The van der Waals surface area contributed by atoms with E-state index in [-0.39, 0.29) is 18.7 Å². The average Bonchev–Trinajstić information content (AvgIpc) is 3.10. The number of aromatic nitrogens is 1. The summed E-state index contributed by atoms with van der Waals surface area (Å²) in [6.45, 7) is 0.417. The van der Waals surface area contributed by atoms with Gasteiger partial charge in [0.25, 0.3) is 5.91 Å². The summed E-state index contributed by atoms with van der Waals surface area (Å²) in [7, 11) is 0. The van der Waals surface area contributed by atoms with Crippen molar-refractivity contribution in [2.24, 2.45) is 0 Å². The highest BCUT2D eigenvalue weighted by Crippen LogP contribution is 2.16. The van der Waals surface area contributed by atoms with E-state index in [2.05, 4.69) is 4.98 Å². The van der Waals surface area contributed by atoms with Crippen molar-refractivity contribution in [3.8, 4) is 0 Å². The number of hydrogen-bond acceptors (Lipinski definition) is 3. The largest absolute Gasteiger partial charge is 0.467 e. The Morgan fingerprint density at radius 3 is 2.58 bits per heavy atom. The Labute approximate surface area is 137 Å². The second-order valence-corrected chi connectivity index (χ2v) is 5.19. The van der Waals surface area contributed by atoms with E-state index in [4.69, 9.17) is 4.42 Å². The number of amides is 1. The molecule has 0 aliphatic rings. The zero-order chi connectivity index (χ0) is 16.9. The van der Waals surface area contributed by atoms with Gasteiger partial charge in [-0.2, -0.15) is 0 Å². The summed E-state index contributed by atoms with van der Waals surface area (Å²) in [6.07, 6.45) is 3.14. The maximum Gasteiger partial charge on any atom is 0.254 e. The second-order valence-electron chi connectivity index (χ2n) is 5.19. The molecule has 0 aliphatic heterocycles. The topological polar surface area (TPSA) is 46.3 Å². The maximum atomic E-state index is 13.4. The molecule has 122 valence electrons. The first kappa shape index (κ1) is 15.9. The van der Waals surface area contributed by atoms with E-state index in [1.54, 1.807) is 30.5 Å². The van der Waals surface area contributed by atoms with Gasteiger partial charge in [0.05, 0.1) is 25.0 Å². The molecule has 0 bridgehead atoms. The maximum absolute atomic E-state index is 13.4. The Bertz CT molecular complexity index is 820. The van der Waals surface area contributed by atoms with E-state index >= 15 is 0 Å². The Morgan fingerprint density at radius 2 is 1.92 bits per heavy atom. The Morgan fingerprint density at radius 1 is 1.04 bits per heavy atom. The molecule has 0 spiro atoms. The molecule has 0 atom stereocenters. The van der Waals surface area contributed by atoms with E-state index in [0.717, 1.165) is 12.1 Å². The summed E-state index contributed by atoms with van der Waals surface area (Å²) in [4.78, 5) is 18.4. The quantitative estimate of drug-likeness (QED) is 0.716. The van der Waals surface area contributed by atoms with Gasteiger partial charge in [0.2, 0.25) is 0 Å². The summed E-state index contributed by atoms with van der Waals surface area (Å²) in [5, 5.41) is 0. The van der Waals surface area contributed by atoms with E-state index < -0.39 is 17.5 Å². The summed E-state index contributed by atoms with van der Waals surface area (Å²) < 4.78 is 31.8. The normalized spacial score (nSPS) is 10.6. The zero-order valence-electron chi connectivity index (χ0n) is 12.7. The van der Waals surface area contributed by atoms with Crippen LogP contribution in [0.2, 0.25) is 0 Å². The molecule has 4 nitrogen and oxygen atoms in total. The van der Waals surface area contributed by atoms with Crippen LogP contribution in [0.25, 0.3) is 0 Å². The SMILES string of the molecule is O=C(c1ccc(F)c(F)c1)N(Cc1ccccn1)Cc1ccco1. The predicted octanol–water partition coefficient (Wildman–Crippen LogP) is 3.80. The van der Waals surface area contributed by atoms with E-state index in [9.17, 15) is 13.6 Å². The number of carbonyl (C=O) groups is 1. The first-order chi connectivity index (χ1) is 11.6. The first-order valence-electron chi connectivity index (χ1n) is 7.30. The Hall–Kier alpha value is -3.02. The monoisotopic (exact) mass is 328 g/mol. The fourth-order valence-corrected chi connectivity index (χ4v) is 2.29. The average molecular weight is 328 g/mol. The van der Waals surface area contributed by atoms with Gasteiger partial charge in [-0.05, 0) is 42.5 Å². The number of rotatable bonds is 5. The Kier molecular flexibility index (Phi) is 4.65. The van der Waals surface area contributed by atoms with Gasteiger partial charge >= 0.3 is 0 Å². The van der Waals surface area contributed by atoms with Crippen molar-refractivity contribution in [3.63, 3.8) is 0 Å². The van der Waals surface area contributed by atoms with Gasteiger partial charge in [0.1, 0.15) is 5.76 Å². The Balaban J connectivity index is 1.87. The van der Waals surface area contributed by atoms with Gasteiger partial charge in [-0.15, -0.1) is 0 Å². The van der Waals surface area contributed by atoms with Crippen molar-refractivity contribution in [2.75, 3.05) is 0 Å². The fourth-order valence-electron chi connectivity index (χ4n) is 2.29. The fraction of sp³-hybridized carbons (Fsp3) is 0.111. The lowest BCUT2D eigenvalue weighted by Gasteiger charge is -2.21. The molecule has 0 N–H and O–H groups in total. The van der Waals surface area contributed by atoms with Gasteiger partial charge in [-0.1, -0.05) is 6.07 Å². The molecule has 0 aliphatic carbocycles. The third-order valence-corrected chi connectivity index (χ3v) is 3.46. The number of carbonyl (C=O) groups excluding carboxylic acids is 1. The van der Waals surface area contributed by atoms with Crippen LogP contribution in [0.1, 0.15) is 21.8 Å². The van der Waals surface area contributed by atoms with Crippen LogP contribution in [0.3, 0.4) is 0 Å².